The van der Waals surface area contributed by atoms with E-state index in [0.717, 1.165) is 5.56 Å². The van der Waals surface area contributed by atoms with Crippen molar-refractivity contribution in [3.05, 3.63) is 59.2 Å². The third-order valence-electron chi connectivity index (χ3n) is 3.40. The van der Waals surface area contributed by atoms with E-state index < -0.39 is 10.0 Å². The van der Waals surface area contributed by atoms with Gasteiger partial charge in [-0.1, -0.05) is 41.9 Å². The molecule has 0 bridgehead atoms. The number of nitrogens with zero attached hydrogens (tertiary/aromatic N) is 2. The van der Waals surface area contributed by atoms with E-state index in [1.165, 1.54) is 4.31 Å². The molecule has 0 unspecified atom stereocenters. The summed E-state index contributed by atoms with van der Waals surface area (Å²) in [5, 5.41) is 0.424. The summed E-state index contributed by atoms with van der Waals surface area (Å²) >= 11 is 5.96. The zero-order valence-electron chi connectivity index (χ0n) is 11.7. The first kappa shape index (κ1) is 15.3. The molecule has 22 heavy (non-hydrogen) atoms. The molecule has 1 aromatic carbocycles. The zero-order valence-corrected chi connectivity index (χ0v) is 13.3. The van der Waals surface area contributed by atoms with Gasteiger partial charge in [-0.15, -0.1) is 0 Å². The second-order valence-electron chi connectivity index (χ2n) is 5.09. The smallest absolute Gasteiger partial charge is 0.232 e. The highest BCUT2D eigenvalue weighted by molar-refractivity contribution is 7.88. The van der Waals surface area contributed by atoms with Crippen LogP contribution in [0, 0.1) is 0 Å². The minimum atomic E-state index is -3.31. The Morgan fingerprint density at radius 2 is 1.91 bits per heavy atom. The van der Waals surface area contributed by atoms with Crippen LogP contribution in [0.1, 0.15) is 5.56 Å². The van der Waals surface area contributed by atoms with Crippen LogP contribution in [-0.2, 0) is 15.8 Å². The number of benzene rings is 1. The van der Waals surface area contributed by atoms with Crippen LogP contribution in [0.25, 0.3) is 0 Å². The van der Waals surface area contributed by atoms with Gasteiger partial charge in [0.25, 0.3) is 0 Å². The summed E-state index contributed by atoms with van der Waals surface area (Å²) in [5.74, 6) is 0.347. The average Bonchev–Trinajstić information content (AvgIpc) is 2.44. The van der Waals surface area contributed by atoms with Gasteiger partial charge in [0.05, 0.1) is 18.8 Å². The van der Waals surface area contributed by atoms with Gasteiger partial charge in [0.1, 0.15) is 11.1 Å². The first-order valence-corrected chi connectivity index (χ1v) is 8.82. The molecule has 3 rings (SSSR count). The van der Waals surface area contributed by atoms with Crippen molar-refractivity contribution in [2.24, 2.45) is 0 Å². The molecule has 7 heteroatoms. The standard InChI is InChI=1S/C15H15ClN2O3S/c16-14-7-4-8-17-15(14)21-13-9-18(10-13)22(19,20)11-12-5-2-1-3-6-12/h1-8,13H,9-11H2. The highest BCUT2D eigenvalue weighted by Crippen LogP contribution is 2.25. The molecule has 0 N–H and O–H groups in total. The molecule has 0 saturated carbocycles. The zero-order chi connectivity index (χ0) is 15.6. The Kier molecular flexibility index (Phi) is 4.33. The van der Waals surface area contributed by atoms with Gasteiger partial charge < -0.3 is 4.74 Å². The second-order valence-corrected chi connectivity index (χ2v) is 7.47. The van der Waals surface area contributed by atoms with Crippen LogP contribution >= 0.6 is 11.6 Å². The number of hydrogen-bond donors (Lipinski definition) is 0. The van der Waals surface area contributed by atoms with Gasteiger partial charge >= 0.3 is 0 Å². The van der Waals surface area contributed by atoms with Crippen LogP contribution < -0.4 is 4.74 Å². The normalized spacial score (nSPS) is 16.2. The average molecular weight is 339 g/mol. The summed E-state index contributed by atoms with van der Waals surface area (Å²) in [7, 11) is -3.31. The van der Waals surface area contributed by atoms with Crippen LogP contribution in [-0.4, -0.2) is 36.9 Å². The van der Waals surface area contributed by atoms with Gasteiger partial charge in [-0.3, -0.25) is 0 Å². The number of sulfonamides is 1. The summed E-state index contributed by atoms with van der Waals surface area (Å²) in [6, 6.07) is 12.5. The highest BCUT2D eigenvalue weighted by atomic mass is 35.5. The maximum absolute atomic E-state index is 12.3. The predicted molar refractivity (Wildman–Crippen MR) is 84.3 cm³/mol. The van der Waals surface area contributed by atoms with Crippen molar-refractivity contribution >= 4 is 21.6 Å². The second kappa shape index (κ2) is 6.24. The maximum atomic E-state index is 12.3. The molecule has 1 aliphatic rings. The lowest BCUT2D eigenvalue weighted by atomic mass is 10.2. The summed E-state index contributed by atoms with van der Waals surface area (Å²) in [6.07, 6.45) is 1.38. The number of aromatic nitrogens is 1. The third kappa shape index (κ3) is 3.40. The van der Waals surface area contributed by atoms with E-state index in [9.17, 15) is 8.42 Å². The van der Waals surface area contributed by atoms with Crippen molar-refractivity contribution in [1.29, 1.82) is 0 Å². The lowest BCUT2D eigenvalue weighted by Gasteiger charge is -2.37. The molecule has 5 nitrogen and oxygen atoms in total. The lowest BCUT2D eigenvalue weighted by Crippen LogP contribution is -2.56. The van der Waals surface area contributed by atoms with E-state index in [1.54, 1.807) is 30.5 Å². The van der Waals surface area contributed by atoms with Gasteiger partial charge in [0.2, 0.25) is 15.9 Å². The fourth-order valence-corrected chi connectivity index (χ4v) is 3.94. The van der Waals surface area contributed by atoms with Crippen LogP contribution in [0.5, 0.6) is 5.88 Å². The van der Waals surface area contributed by atoms with Crippen molar-refractivity contribution in [3.8, 4) is 5.88 Å². The monoisotopic (exact) mass is 338 g/mol. The number of hydrogen-bond acceptors (Lipinski definition) is 4. The van der Waals surface area contributed by atoms with Crippen molar-refractivity contribution in [2.75, 3.05) is 13.1 Å². The fraction of sp³-hybridized carbons (Fsp3) is 0.267. The highest BCUT2D eigenvalue weighted by Gasteiger charge is 2.37. The van der Waals surface area contributed by atoms with Crippen molar-refractivity contribution in [2.45, 2.75) is 11.9 Å². The maximum Gasteiger partial charge on any atom is 0.232 e. The number of ether oxygens (including phenoxy) is 1. The van der Waals surface area contributed by atoms with E-state index >= 15 is 0 Å². The van der Waals surface area contributed by atoms with E-state index in [1.807, 2.05) is 18.2 Å². The van der Waals surface area contributed by atoms with Crippen LogP contribution in [0.3, 0.4) is 0 Å². The number of rotatable bonds is 5. The van der Waals surface area contributed by atoms with Gasteiger partial charge in [-0.2, -0.15) is 4.31 Å². The predicted octanol–water partition coefficient (Wildman–Crippen LogP) is 2.33. The molecule has 0 atom stereocenters. The van der Waals surface area contributed by atoms with Crippen LogP contribution in [0.15, 0.2) is 48.7 Å². The van der Waals surface area contributed by atoms with Crippen molar-refractivity contribution in [1.82, 2.24) is 9.29 Å². The van der Waals surface area contributed by atoms with E-state index in [2.05, 4.69) is 4.98 Å². The summed E-state index contributed by atoms with van der Waals surface area (Å²) < 4.78 is 31.6. The minimum absolute atomic E-state index is 0.00486. The van der Waals surface area contributed by atoms with E-state index in [-0.39, 0.29) is 11.9 Å². The Balaban J connectivity index is 1.57. The molecule has 2 aromatic rings. The van der Waals surface area contributed by atoms with Crippen LogP contribution in [0.2, 0.25) is 5.02 Å². The first-order valence-electron chi connectivity index (χ1n) is 6.83. The van der Waals surface area contributed by atoms with Crippen molar-refractivity contribution < 1.29 is 13.2 Å². The number of pyridine rings is 1. The fourth-order valence-electron chi connectivity index (χ4n) is 2.19. The molecule has 116 valence electrons. The molecule has 0 aliphatic carbocycles. The van der Waals surface area contributed by atoms with E-state index in [0.29, 0.717) is 24.0 Å². The SMILES string of the molecule is O=S(=O)(Cc1ccccc1)N1CC(Oc2ncccc2Cl)C1. The molecule has 0 amide bonds. The Morgan fingerprint density at radius 3 is 2.59 bits per heavy atom. The number of halogens is 1. The molecule has 0 radical (unpaired) electrons. The molecular weight excluding hydrogens is 324 g/mol. The Hall–Kier alpha value is -1.63. The van der Waals surface area contributed by atoms with Crippen molar-refractivity contribution in [3.63, 3.8) is 0 Å². The quantitative estimate of drug-likeness (QED) is 0.839. The Bertz CT molecular complexity index is 746. The van der Waals surface area contributed by atoms with Gasteiger partial charge in [0.15, 0.2) is 0 Å². The molecule has 1 aromatic heterocycles. The molecule has 0 spiro atoms. The molecule has 1 saturated heterocycles. The Labute approximate surface area is 134 Å². The minimum Gasteiger partial charge on any atom is -0.470 e. The molecule has 1 aliphatic heterocycles. The first-order chi connectivity index (χ1) is 10.5. The summed E-state index contributed by atoms with van der Waals surface area (Å²) in [6.45, 7) is 0.643. The topological polar surface area (TPSA) is 59.5 Å². The molecular formula is C15H15ClN2O3S. The summed E-state index contributed by atoms with van der Waals surface area (Å²) in [4.78, 5) is 4.03. The lowest BCUT2D eigenvalue weighted by molar-refractivity contribution is 0.0721. The van der Waals surface area contributed by atoms with Gasteiger partial charge in [-0.25, -0.2) is 13.4 Å². The van der Waals surface area contributed by atoms with Gasteiger partial charge in [0, 0.05) is 6.20 Å². The van der Waals surface area contributed by atoms with E-state index in [4.69, 9.17) is 16.3 Å². The van der Waals surface area contributed by atoms with Crippen LogP contribution in [0.4, 0.5) is 0 Å². The molecule has 2 heterocycles. The molecule has 1 fully saturated rings. The largest absolute Gasteiger partial charge is 0.470 e. The Morgan fingerprint density at radius 1 is 1.18 bits per heavy atom. The third-order valence-corrected chi connectivity index (χ3v) is 5.47. The van der Waals surface area contributed by atoms with Gasteiger partial charge in [-0.05, 0) is 17.7 Å². The summed E-state index contributed by atoms with van der Waals surface area (Å²) in [5.41, 5.74) is 0.777.